The molecule has 0 bridgehead atoms. The van der Waals surface area contributed by atoms with Crippen LogP contribution in [0.1, 0.15) is 60.3 Å². The Labute approximate surface area is 150 Å². The molecule has 0 heterocycles. The van der Waals surface area contributed by atoms with Gasteiger partial charge in [0, 0.05) is 18.6 Å². The standard InChI is InChI=1S/C18H37N2O3P/c1-6-7-8-15(13-24)12-23-16(22)11-17(2,3)18(4,5)20-10-9-19-14-21/h14-15,20H,6-13,24H2,1-5H3,(H,19,21). The molecule has 0 rings (SSSR count). The van der Waals surface area contributed by atoms with Crippen LogP contribution in [0.25, 0.3) is 0 Å². The van der Waals surface area contributed by atoms with Gasteiger partial charge in [-0.1, -0.05) is 33.6 Å². The Balaban J connectivity index is 4.39. The van der Waals surface area contributed by atoms with Crippen LogP contribution in [0, 0.1) is 11.3 Å². The first-order valence-corrected chi connectivity index (χ1v) is 9.79. The number of nitrogens with one attached hydrogen (secondary N) is 2. The number of amides is 1. The minimum Gasteiger partial charge on any atom is -0.465 e. The number of esters is 1. The quantitative estimate of drug-likeness (QED) is 0.216. The van der Waals surface area contributed by atoms with Gasteiger partial charge in [0.15, 0.2) is 0 Å². The van der Waals surface area contributed by atoms with Crippen LogP contribution in [0.15, 0.2) is 0 Å². The molecule has 0 aliphatic rings. The lowest BCUT2D eigenvalue weighted by atomic mass is 9.72. The third kappa shape index (κ3) is 8.98. The Bertz CT molecular complexity index is 373. The number of ether oxygens (including phenoxy) is 1. The van der Waals surface area contributed by atoms with E-state index < -0.39 is 0 Å². The van der Waals surface area contributed by atoms with Crippen LogP contribution in [0.4, 0.5) is 0 Å². The van der Waals surface area contributed by atoms with E-state index in [1.807, 2.05) is 0 Å². The van der Waals surface area contributed by atoms with Crippen LogP contribution in [-0.2, 0) is 14.3 Å². The van der Waals surface area contributed by atoms with Crippen LogP contribution in [0.3, 0.4) is 0 Å². The summed E-state index contributed by atoms with van der Waals surface area (Å²) in [6.45, 7) is 12.2. The molecule has 5 nitrogen and oxygen atoms in total. The predicted octanol–water partition coefficient (Wildman–Crippen LogP) is 2.74. The van der Waals surface area contributed by atoms with E-state index >= 15 is 0 Å². The molecule has 0 radical (unpaired) electrons. The third-order valence-electron chi connectivity index (χ3n) is 4.98. The highest BCUT2D eigenvalue weighted by molar-refractivity contribution is 7.16. The summed E-state index contributed by atoms with van der Waals surface area (Å²) in [6.07, 6.45) is 5.47. The Kier molecular flexibility index (Phi) is 11.5. The van der Waals surface area contributed by atoms with Crippen molar-refractivity contribution < 1.29 is 14.3 Å². The summed E-state index contributed by atoms with van der Waals surface area (Å²) in [5.41, 5.74) is -0.510. The van der Waals surface area contributed by atoms with E-state index in [1.165, 1.54) is 12.8 Å². The molecule has 1 amide bonds. The molecule has 6 heteroatoms. The van der Waals surface area contributed by atoms with Gasteiger partial charge in [0.25, 0.3) is 0 Å². The summed E-state index contributed by atoms with van der Waals surface area (Å²) in [4.78, 5) is 22.5. The SMILES string of the molecule is CCCCC(CP)COC(=O)CC(C)(C)C(C)(C)NCCNC=O. The molecule has 2 unspecified atom stereocenters. The molecule has 0 aromatic rings. The van der Waals surface area contributed by atoms with E-state index in [4.69, 9.17) is 4.74 Å². The summed E-state index contributed by atoms with van der Waals surface area (Å²) in [6, 6.07) is 0. The third-order valence-corrected chi connectivity index (χ3v) is 5.64. The van der Waals surface area contributed by atoms with E-state index in [0.717, 1.165) is 12.6 Å². The van der Waals surface area contributed by atoms with Crippen LogP contribution in [-0.4, -0.2) is 43.8 Å². The molecule has 142 valence electrons. The molecule has 0 aliphatic heterocycles. The Morgan fingerprint density at radius 1 is 1.25 bits per heavy atom. The highest BCUT2D eigenvalue weighted by Gasteiger charge is 2.38. The average Bonchev–Trinajstić information content (AvgIpc) is 2.51. The highest BCUT2D eigenvalue weighted by atomic mass is 31.0. The van der Waals surface area contributed by atoms with Crippen LogP contribution in [0.5, 0.6) is 0 Å². The maximum Gasteiger partial charge on any atom is 0.306 e. The molecule has 0 spiro atoms. The van der Waals surface area contributed by atoms with Crippen molar-refractivity contribution in [1.29, 1.82) is 0 Å². The number of unbranched alkanes of at least 4 members (excludes halogenated alkanes) is 1. The zero-order chi connectivity index (χ0) is 18.6. The molecule has 0 saturated carbocycles. The topological polar surface area (TPSA) is 67.4 Å². The minimum atomic E-state index is -0.259. The number of rotatable bonds is 14. The summed E-state index contributed by atoms with van der Waals surface area (Å²) >= 11 is 0. The van der Waals surface area contributed by atoms with Crippen LogP contribution in [0.2, 0.25) is 0 Å². The molecule has 0 saturated heterocycles. The van der Waals surface area contributed by atoms with Gasteiger partial charge in [-0.2, -0.15) is 0 Å². The summed E-state index contributed by atoms with van der Waals surface area (Å²) in [5, 5.41) is 6.04. The van der Waals surface area contributed by atoms with Gasteiger partial charge in [-0.3, -0.25) is 9.59 Å². The number of hydrogen-bond donors (Lipinski definition) is 2. The van der Waals surface area contributed by atoms with Crippen molar-refractivity contribution in [3.8, 4) is 0 Å². The lowest BCUT2D eigenvalue weighted by molar-refractivity contribution is -0.148. The van der Waals surface area contributed by atoms with Crippen molar-refractivity contribution in [3.63, 3.8) is 0 Å². The van der Waals surface area contributed by atoms with Crippen molar-refractivity contribution in [1.82, 2.24) is 10.6 Å². The van der Waals surface area contributed by atoms with Gasteiger partial charge in [-0.05, 0) is 37.8 Å². The van der Waals surface area contributed by atoms with Gasteiger partial charge < -0.3 is 15.4 Å². The largest absolute Gasteiger partial charge is 0.465 e. The van der Waals surface area contributed by atoms with Crippen molar-refractivity contribution in [2.45, 2.75) is 65.8 Å². The predicted molar refractivity (Wildman–Crippen MR) is 103 cm³/mol. The van der Waals surface area contributed by atoms with E-state index in [2.05, 4.69) is 54.5 Å². The fourth-order valence-electron chi connectivity index (χ4n) is 2.35. The van der Waals surface area contributed by atoms with E-state index in [-0.39, 0.29) is 16.9 Å². The molecular formula is C18H37N2O3P. The molecule has 0 aromatic carbocycles. The number of carbonyl (C=O) groups is 2. The van der Waals surface area contributed by atoms with Crippen LogP contribution >= 0.6 is 9.24 Å². The van der Waals surface area contributed by atoms with Crippen molar-refractivity contribution >= 4 is 21.6 Å². The first-order chi connectivity index (χ1) is 11.2. The minimum absolute atomic E-state index is 0.138. The molecule has 0 aliphatic carbocycles. The second kappa shape index (κ2) is 11.8. The van der Waals surface area contributed by atoms with Crippen LogP contribution < -0.4 is 10.6 Å². The van der Waals surface area contributed by atoms with Gasteiger partial charge in [0.05, 0.1) is 13.0 Å². The van der Waals surface area contributed by atoms with Gasteiger partial charge >= 0.3 is 5.97 Å². The number of hydrogen-bond acceptors (Lipinski definition) is 4. The van der Waals surface area contributed by atoms with E-state index in [1.54, 1.807) is 0 Å². The second-order valence-electron chi connectivity index (χ2n) is 7.61. The molecule has 2 atom stereocenters. The Morgan fingerprint density at radius 2 is 1.92 bits per heavy atom. The summed E-state index contributed by atoms with van der Waals surface area (Å²) in [5.74, 6) is 0.295. The zero-order valence-corrected chi connectivity index (χ0v) is 17.3. The molecule has 0 fully saturated rings. The highest BCUT2D eigenvalue weighted by Crippen LogP contribution is 2.34. The van der Waals surface area contributed by atoms with Crippen molar-refractivity contribution in [3.05, 3.63) is 0 Å². The smallest absolute Gasteiger partial charge is 0.306 e. The monoisotopic (exact) mass is 360 g/mol. The van der Waals surface area contributed by atoms with Crippen molar-refractivity contribution in [2.24, 2.45) is 11.3 Å². The fourth-order valence-corrected chi connectivity index (χ4v) is 2.72. The zero-order valence-electron chi connectivity index (χ0n) is 16.1. The van der Waals surface area contributed by atoms with Gasteiger partial charge in [0.1, 0.15) is 0 Å². The lowest BCUT2D eigenvalue weighted by Crippen LogP contribution is -2.53. The lowest BCUT2D eigenvalue weighted by Gasteiger charge is -2.42. The molecule has 0 aromatic heterocycles. The summed E-state index contributed by atoms with van der Waals surface area (Å²) in [7, 11) is 2.75. The number of carbonyl (C=O) groups excluding carboxylic acids is 2. The normalized spacial score (nSPS) is 13.4. The van der Waals surface area contributed by atoms with E-state index in [0.29, 0.717) is 38.4 Å². The summed E-state index contributed by atoms with van der Waals surface area (Å²) < 4.78 is 5.53. The first-order valence-electron chi connectivity index (χ1n) is 8.98. The Hall–Kier alpha value is -0.670. The van der Waals surface area contributed by atoms with Gasteiger partial charge in [-0.15, -0.1) is 9.24 Å². The van der Waals surface area contributed by atoms with E-state index in [9.17, 15) is 9.59 Å². The molecule has 2 N–H and O–H groups in total. The Morgan fingerprint density at radius 3 is 2.46 bits per heavy atom. The second-order valence-corrected chi connectivity index (χ2v) is 8.08. The molecular weight excluding hydrogens is 323 g/mol. The maximum atomic E-state index is 12.3. The van der Waals surface area contributed by atoms with Gasteiger partial charge in [0.2, 0.25) is 6.41 Å². The van der Waals surface area contributed by atoms with Crippen molar-refractivity contribution in [2.75, 3.05) is 25.9 Å². The average molecular weight is 360 g/mol. The maximum absolute atomic E-state index is 12.3. The first kappa shape index (κ1) is 23.3. The molecule has 24 heavy (non-hydrogen) atoms. The van der Waals surface area contributed by atoms with Gasteiger partial charge in [-0.25, -0.2) is 0 Å². The fraction of sp³-hybridized carbons (Fsp3) is 0.889.